The Kier molecular flexibility index (Phi) is 7.50. The average Bonchev–Trinajstić information content (AvgIpc) is 3.88. The number of hydrogen-bond donors (Lipinski definition) is 0. The Labute approximate surface area is 339 Å². The molecule has 1 aliphatic carbocycles. The Balaban J connectivity index is 1.05. The van der Waals surface area contributed by atoms with Crippen LogP contribution in [0, 0.1) is 0 Å². The lowest BCUT2D eigenvalue weighted by Crippen LogP contribution is -2.15. The fourth-order valence-electron chi connectivity index (χ4n) is 8.88. The van der Waals surface area contributed by atoms with Gasteiger partial charge in [0, 0.05) is 59.5 Å². The van der Waals surface area contributed by atoms with Crippen LogP contribution < -0.4 is 4.74 Å². The van der Waals surface area contributed by atoms with Gasteiger partial charge in [-0.15, -0.1) is 11.3 Å². The lowest BCUT2D eigenvalue weighted by Gasteiger charge is -2.14. The topological polar surface area (TPSA) is 47.9 Å². The van der Waals surface area contributed by atoms with Crippen molar-refractivity contribution in [3.63, 3.8) is 0 Å². The SMILES string of the molecule is C1=CC2Oc3c(-c4cccc5c4sc4cccc(-c6nc(-c7ccc(-c8ccccc8)cc7)nc(-c7ccc8ccccc8c7)n6)c45)cc4ccccc4c3C2C=C1. The van der Waals surface area contributed by atoms with Gasteiger partial charge >= 0.3 is 0 Å². The van der Waals surface area contributed by atoms with Crippen LogP contribution in [0.5, 0.6) is 5.75 Å². The van der Waals surface area contributed by atoms with Gasteiger partial charge in [0.05, 0.1) is 0 Å². The second-order valence-corrected chi connectivity index (χ2v) is 16.1. The van der Waals surface area contributed by atoms with Crippen LogP contribution in [0.4, 0.5) is 0 Å². The molecule has 5 heteroatoms. The van der Waals surface area contributed by atoms with Gasteiger partial charge in [0.1, 0.15) is 11.9 Å². The maximum absolute atomic E-state index is 6.83. The number of rotatable bonds is 5. The molecule has 0 saturated heterocycles. The molecule has 0 amide bonds. The van der Waals surface area contributed by atoms with E-state index in [2.05, 4.69) is 182 Å². The molecule has 8 aromatic carbocycles. The van der Waals surface area contributed by atoms with Gasteiger partial charge in [0.2, 0.25) is 0 Å². The van der Waals surface area contributed by atoms with Crippen LogP contribution >= 0.6 is 11.3 Å². The van der Waals surface area contributed by atoms with E-state index in [-0.39, 0.29) is 12.0 Å². The molecular weight excluding hydrogens is 727 g/mol. The summed E-state index contributed by atoms with van der Waals surface area (Å²) in [5.41, 5.74) is 8.75. The number of nitrogens with zero attached hydrogens (tertiary/aromatic N) is 3. The van der Waals surface area contributed by atoms with Gasteiger partial charge in [-0.2, -0.15) is 0 Å². The maximum Gasteiger partial charge on any atom is 0.164 e. The van der Waals surface area contributed by atoms with Crippen molar-refractivity contribution in [2.75, 3.05) is 0 Å². The first-order valence-electron chi connectivity index (χ1n) is 19.7. The molecule has 10 aromatic rings. The van der Waals surface area contributed by atoms with Gasteiger partial charge in [0.25, 0.3) is 0 Å². The van der Waals surface area contributed by atoms with Crippen molar-refractivity contribution in [2.45, 2.75) is 12.0 Å². The third-order valence-corrected chi connectivity index (χ3v) is 12.9. The molecule has 12 rings (SSSR count). The molecule has 1 aliphatic heterocycles. The number of allylic oxidation sites excluding steroid dienone is 2. The second-order valence-electron chi connectivity index (χ2n) is 15.0. The normalized spacial score (nSPS) is 15.6. The van der Waals surface area contributed by atoms with Gasteiger partial charge in [0.15, 0.2) is 17.5 Å². The molecule has 2 aromatic heterocycles. The van der Waals surface area contributed by atoms with E-state index >= 15 is 0 Å². The fourth-order valence-corrected chi connectivity index (χ4v) is 10.1. The summed E-state index contributed by atoms with van der Waals surface area (Å²) in [6.07, 6.45) is 8.70. The molecule has 0 N–H and O–H groups in total. The number of thiophene rings is 1. The smallest absolute Gasteiger partial charge is 0.164 e. The summed E-state index contributed by atoms with van der Waals surface area (Å²) in [5.74, 6) is 3.09. The summed E-state index contributed by atoms with van der Waals surface area (Å²) in [6, 6.07) is 58.0. The van der Waals surface area contributed by atoms with Crippen molar-refractivity contribution in [3.05, 3.63) is 194 Å². The summed E-state index contributed by atoms with van der Waals surface area (Å²) < 4.78 is 9.22. The van der Waals surface area contributed by atoms with E-state index < -0.39 is 0 Å². The number of benzene rings is 8. The fraction of sp³-hybridized carbons (Fsp3) is 0.0377. The third kappa shape index (κ3) is 5.32. The molecule has 58 heavy (non-hydrogen) atoms. The highest BCUT2D eigenvalue weighted by Crippen LogP contribution is 2.53. The molecule has 0 fully saturated rings. The van der Waals surface area contributed by atoms with E-state index in [1.54, 1.807) is 0 Å². The highest BCUT2D eigenvalue weighted by molar-refractivity contribution is 7.26. The first-order valence-corrected chi connectivity index (χ1v) is 20.5. The predicted molar refractivity (Wildman–Crippen MR) is 240 cm³/mol. The van der Waals surface area contributed by atoms with E-state index in [4.69, 9.17) is 19.7 Å². The zero-order chi connectivity index (χ0) is 38.2. The molecule has 0 saturated carbocycles. The van der Waals surface area contributed by atoms with Crippen LogP contribution in [0.1, 0.15) is 11.5 Å². The molecule has 272 valence electrons. The van der Waals surface area contributed by atoms with Crippen molar-refractivity contribution >= 4 is 53.1 Å². The number of ether oxygens (including phenoxy) is 1. The summed E-state index contributed by atoms with van der Waals surface area (Å²) in [6.45, 7) is 0. The highest BCUT2D eigenvalue weighted by atomic mass is 32.1. The van der Waals surface area contributed by atoms with Gasteiger partial charge in [-0.05, 0) is 56.9 Å². The van der Waals surface area contributed by atoms with Crippen LogP contribution in [0.15, 0.2) is 188 Å². The molecule has 2 aliphatic rings. The van der Waals surface area contributed by atoms with Crippen molar-refractivity contribution in [1.29, 1.82) is 0 Å². The molecule has 2 unspecified atom stereocenters. The standard InChI is InChI=1S/C53H33N3OS/c1-2-12-32(13-3-1)34-24-27-35(28-25-34)51-54-52(38-29-26-33-14-4-5-15-36(33)30-38)56-53(55-51)43-21-11-23-46-47(43)42-20-10-19-40(50(42)58-46)44-31-37-16-6-7-17-39(37)48-41-18-8-9-22-45(41)57-49(44)48/h1-31,41,45H. The van der Waals surface area contributed by atoms with E-state index in [0.29, 0.717) is 17.5 Å². The van der Waals surface area contributed by atoms with Crippen LogP contribution in [-0.2, 0) is 0 Å². The van der Waals surface area contributed by atoms with Crippen LogP contribution in [0.3, 0.4) is 0 Å². The van der Waals surface area contributed by atoms with Gasteiger partial charge in [-0.3, -0.25) is 0 Å². The second kappa shape index (κ2) is 13.2. The minimum atomic E-state index is -0.0119. The summed E-state index contributed by atoms with van der Waals surface area (Å²) in [4.78, 5) is 15.7. The maximum atomic E-state index is 6.83. The summed E-state index contributed by atoms with van der Waals surface area (Å²) >= 11 is 1.82. The van der Waals surface area contributed by atoms with E-state index in [0.717, 1.165) is 44.3 Å². The summed E-state index contributed by atoms with van der Waals surface area (Å²) in [7, 11) is 0. The number of hydrogen-bond acceptors (Lipinski definition) is 5. The minimum Gasteiger partial charge on any atom is -0.484 e. The number of fused-ring (bicyclic) bond motifs is 9. The minimum absolute atomic E-state index is 0.0119. The first kappa shape index (κ1) is 33.0. The van der Waals surface area contributed by atoms with Gasteiger partial charge < -0.3 is 4.74 Å². The van der Waals surface area contributed by atoms with E-state index in [1.165, 1.54) is 47.6 Å². The molecule has 0 spiro atoms. The predicted octanol–water partition coefficient (Wildman–Crippen LogP) is 13.9. The number of aromatic nitrogens is 3. The molecule has 2 atom stereocenters. The van der Waals surface area contributed by atoms with Crippen molar-refractivity contribution in [1.82, 2.24) is 15.0 Å². The molecule has 0 radical (unpaired) electrons. The summed E-state index contributed by atoms with van der Waals surface area (Å²) in [5, 5.41) is 7.11. The zero-order valence-corrected chi connectivity index (χ0v) is 32.0. The lowest BCUT2D eigenvalue weighted by atomic mass is 9.86. The van der Waals surface area contributed by atoms with E-state index in [9.17, 15) is 0 Å². The van der Waals surface area contributed by atoms with Crippen LogP contribution in [0.2, 0.25) is 0 Å². The molecule has 3 heterocycles. The van der Waals surface area contributed by atoms with Gasteiger partial charge in [-0.1, -0.05) is 164 Å². The van der Waals surface area contributed by atoms with Gasteiger partial charge in [-0.25, -0.2) is 15.0 Å². The monoisotopic (exact) mass is 759 g/mol. The van der Waals surface area contributed by atoms with Crippen molar-refractivity contribution < 1.29 is 4.74 Å². The largest absolute Gasteiger partial charge is 0.484 e. The quantitative estimate of drug-likeness (QED) is 0.175. The molecular formula is C53H33N3OS. The van der Waals surface area contributed by atoms with Crippen LogP contribution in [0.25, 0.3) is 98.1 Å². The van der Waals surface area contributed by atoms with Crippen molar-refractivity contribution in [3.8, 4) is 62.2 Å². The first-order chi connectivity index (χ1) is 28.7. The Morgan fingerprint density at radius 2 is 1.10 bits per heavy atom. The third-order valence-electron chi connectivity index (χ3n) is 11.7. The Morgan fingerprint density at radius 1 is 0.448 bits per heavy atom. The average molecular weight is 760 g/mol. The zero-order valence-electron chi connectivity index (χ0n) is 31.2. The highest BCUT2D eigenvalue weighted by Gasteiger charge is 2.36. The Bertz CT molecular complexity index is 3330. The van der Waals surface area contributed by atoms with Crippen molar-refractivity contribution in [2.24, 2.45) is 0 Å². The Hall–Kier alpha value is -7.21. The Morgan fingerprint density at radius 3 is 1.98 bits per heavy atom. The van der Waals surface area contributed by atoms with E-state index in [1.807, 2.05) is 17.4 Å². The lowest BCUT2D eigenvalue weighted by molar-refractivity contribution is 0.270. The molecule has 4 nitrogen and oxygen atoms in total. The molecule has 0 bridgehead atoms. The van der Waals surface area contributed by atoms with Crippen LogP contribution in [-0.4, -0.2) is 21.1 Å².